The minimum Gasteiger partial charge on any atom is -0.389 e. The number of rotatable bonds is 3. The lowest BCUT2D eigenvalue weighted by Gasteiger charge is -2.35. The maximum atomic E-state index is 11.9. The predicted octanol–water partition coefficient (Wildman–Crippen LogP) is 0.565. The molecule has 1 heterocycles. The fraction of sp³-hybridized carbons (Fsp3) is 0.462. The van der Waals surface area contributed by atoms with Gasteiger partial charge in [0.25, 0.3) is 5.91 Å². The maximum absolute atomic E-state index is 11.9. The Bertz CT molecular complexity index is 394. The summed E-state index contributed by atoms with van der Waals surface area (Å²) >= 11 is 0. The molecule has 1 aliphatic rings. The predicted molar refractivity (Wildman–Crippen MR) is 65.7 cm³/mol. The molecule has 0 unspecified atom stereocenters. The molecular formula is C13H18N2O2. The van der Waals surface area contributed by atoms with Crippen LogP contribution in [-0.2, 0) is 6.54 Å². The monoisotopic (exact) mass is 234 g/mol. The lowest BCUT2D eigenvalue weighted by atomic mass is 10.1. The van der Waals surface area contributed by atoms with Gasteiger partial charge in [-0.3, -0.25) is 4.79 Å². The van der Waals surface area contributed by atoms with E-state index in [0.29, 0.717) is 18.7 Å². The normalized spacial score (nSPS) is 16.1. The van der Waals surface area contributed by atoms with Crippen molar-refractivity contribution in [3.63, 3.8) is 0 Å². The highest BCUT2D eigenvalue weighted by Crippen LogP contribution is 2.14. The van der Waals surface area contributed by atoms with Crippen LogP contribution in [0.5, 0.6) is 0 Å². The molecule has 1 N–H and O–H groups in total. The summed E-state index contributed by atoms with van der Waals surface area (Å²) < 4.78 is 0. The van der Waals surface area contributed by atoms with Crippen molar-refractivity contribution < 1.29 is 9.90 Å². The average molecular weight is 234 g/mol. The molecule has 0 spiro atoms. The number of likely N-dealkylation sites (tertiary alicyclic amines) is 1. The van der Waals surface area contributed by atoms with Crippen LogP contribution in [0, 0.1) is 0 Å². The van der Waals surface area contributed by atoms with Gasteiger partial charge in [0.15, 0.2) is 0 Å². The topological polar surface area (TPSA) is 43.8 Å². The van der Waals surface area contributed by atoms with Gasteiger partial charge < -0.3 is 14.9 Å². The van der Waals surface area contributed by atoms with Crippen LogP contribution in [0.3, 0.4) is 0 Å². The summed E-state index contributed by atoms with van der Waals surface area (Å²) in [5, 5.41) is 9.16. The van der Waals surface area contributed by atoms with Crippen molar-refractivity contribution in [1.29, 1.82) is 0 Å². The molecule has 0 saturated carbocycles. The van der Waals surface area contributed by atoms with Gasteiger partial charge in [-0.2, -0.15) is 0 Å². The smallest absolute Gasteiger partial charge is 0.254 e. The molecule has 0 aliphatic carbocycles. The van der Waals surface area contributed by atoms with E-state index >= 15 is 0 Å². The lowest BCUT2D eigenvalue weighted by molar-refractivity contribution is 0.00589. The maximum Gasteiger partial charge on any atom is 0.254 e. The van der Waals surface area contributed by atoms with E-state index in [0.717, 1.165) is 6.54 Å². The van der Waals surface area contributed by atoms with Crippen LogP contribution >= 0.6 is 0 Å². The molecule has 1 aliphatic heterocycles. The van der Waals surface area contributed by atoms with E-state index in [4.69, 9.17) is 5.11 Å². The van der Waals surface area contributed by atoms with Crippen molar-refractivity contribution in [2.45, 2.75) is 12.6 Å². The van der Waals surface area contributed by atoms with Crippen molar-refractivity contribution in [2.24, 2.45) is 0 Å². The Labute approximate surface area is 101 Å². The number of aliphatic hydroxyl groups is 1. The van der Waals surface area contributed by atoms with Gasteiger partial charge in [0.1, 0.15) is 0 Å². The third-order valence-corrected chi connectivity index (χ3v) is 2.85. The van der Waals surface area contributed by atoms with Gasteiger partial charge >= 0.3 is 0 Å². The molecule has 0 bridgehead atoms. The van der Waals surface area contributed by atoms with E-state index in [9.17, 15) is 4.79 Å². The fourth-order valence-corrected chi connectivity index (χ4v) is 1.92. The number of carbonyl (C=O) groups is 1. The molecule has 1 aromatic carbocycles. The molecule has 0 radical (unpaired) electrons. The Morgan fingerprint density at radius 3 is 2.41 bits per heavy atom. The number of hydrogen-bond donors (Lipinski definition) is 1. The Morgan fingerprint density at radius 1 is 1.35 bits per heavy atom. The molecule has 17 heavy (non-hydrogen) atoms. The molecule has 1 amide bonds. The van der Waals surface area contributed by atoms with Crippen LogP contribution in [0.25, 0.3) is 0 Å². The number of hydrogen-bond acceptors (Lipinski definition) is 3. The number of β-amino-alcohol motifs (C(OH)–C–C–N with tert-alkyl or cyclic N) is 1. The zero-order valence-corrected chi connectivity index (χ0v) is 10.3. The molecule has 0 atom stereocenters. The van der Waals surface area contributed by atoms with E-state index in [1.54, 1.807) is 4.90 Å². The van der Waals surface area contributed by atoms with Crippen LogP contribution in [-0.4, -0.2) is 54.1 Å². The standard InChI is InChI=1S/C13H18N2O2/c1-14(2)7-10-3-5-11(6-4-10)13(17)15-8-12(16)9-15/h3-6,12,16H,7-9H2,1-2H3. The van der Waals surface area contributed by atoms with Crippen molar-refractivity contribution in [2.75, 3.05) is 27.2 Å². The first-order valence-corrected chi connectivity index (χ1v) is 5.77. The van der Waals surface area contributed by atoms with Crippen molar-refractivity contribution in [3.8, 4) is 0 Å². The molecule has 4 heteroatoms. The molecule has 1 aromatic rings. The van der Waals surface area contributed by atoms with Gasteiger partial charge in [0, 0.05) is 25.2 Å². The second-order valence-electron chi connectivity index (χ2n) is 4.80. The zero-order valence-electron chi connectivity index (χ0n) is 10.3. The third kappa shape index (κ3) is 2.84. The average Bonchev–Trinajstić information content (AvgIpc) is 2.24. The highest BCUT2D eigenvalue weighted by molar-refractivity contribution is 5.94. The Kier molecular flexibility index (Phi) is 3.45. The minimum absolute atomic E-state index is 0.00621. The quantitative estimate of drug-likeness (QED) is 0.831. The van der Waals surface area contributed by atoms with Gasteiger partial charge in [-0.15, -0.1) is 0 Å². The lowest BCUT2D eigenvalue weighted by Crippen LogP contribution is -2.53. The van der Waals surface area contributed by atoms with Crippen LogP contribution in [0.15, 0.2) is 24.3 Å². The number of amides is 1. The number of aliphatic hydroxyl groups excluding tert-OH is 1. The second-order valence-corrected chi connectivity index (χ2v) is 4.80. The van der Waals surface area contributed by atoms with E-state index in [-0.39, 0.29) is 12.0 Å². The van der Waals surface area contributed by atoms with E-state index in [1.165, 1.54) is 5.56 Å². The summed E-state index contributed by atoms with van der Waals surface area (Å²) in [4.78, 5) is 15.7. The largest absolute Gasteiger partial charge is 0.389 e. The molecule has 0 aromatic heterocycles. The van der Waals surface area contributed by atoms with Crippen LogP contribution in [0.4, 0.5) is 0 Å². The van der Waals surface area contributed by atoms with E-state index < -0.39 is 0 Å². The number of nitrogens with zero attached hydrogens (tertiary/aromatic N) is 2. The SMILES string of the molecule is CN(C)Cc1ccc(C(=O)N2CC(O)C2)cc1. The van der Waals surface area contributed by atoms with Gasteiger partial charge in [0.05, 0.1) is 6.10 Å². The van der Waals surface area contributed by atoms with Crippen molar-refractivity contribution in [1.82, 2.24) is 9.80 Å². The fourth-order valence-electron chi connectivity index (χ4n) is 1.92. The van der Waals surface area contributed by atoms with Gasteiger partial charge in [-0.25, -0.2) is 0 Å². The molecule has 1 fully saturated rings. The second kappa shape index (κ2) is 4.85. The number of carbonyl (C=O) groups excluding carboxylic acids is 1. The van der Waals surface area contributed by atoms with Crippen LogP contribution in [0.1, 0.15) is 15.9 Å². The van der Waals surface area contributed by atoms with Gasteiger partial charge in [-0.1, -0.05) is 12.1 Å². The minimum atomic E-state index is -0.341. The summed E-state index contributed by atoms with van der Waals surface area (Å²) in [5.41, 5.74) is 1.88. The molecule has 2 rings (SSSR count). The Hall–Kier alpha value is -1.39. The van der Waals surface area contributed by atoms with Gasteiger partial charge in [0.2, 0.25) is 0 Å². The van der Waals surface area contributed by atoms with Crippen LogP contribution < -0.4 is 0 Å². The summed E-state index contributed by atoms with van der Waals surface area (Å²) in [7, 11) is 4.03. The molecule has 92 valence electrons. The summed E-state index contributed by atoms with van der Waals surface area (Å²) in [6.07, 6.45) is -0.341. The van der Waals surface area contributed by atoms with Gasteiger partial charge in [-0.05, 0) is 31.8 Å². The van der Waals surface area contributed by atoms with Crippen molar-refractivity contribution in [3.05, 3.63) is 35.4 Å². The third-order valence-electron chi connectivity index (χ3n) is 2.85. The highest BCUT2D eigenvalue weighted by atomic mass is 16.3. The van der Waals surface area contributed by atoms with E-state index in [1.807, 2.05) is 38.4 Å². The summed E-state index contributed by atoms with van der Waals surface area (Å²) in [6, 6.07) is 7.66. The first kappa shape index (κ1) is 12.1. The molecule has 1 saturated heterocycles. The summed E-state index contributed by atoms with van der Waals surface area (Å²) in [5.74, 6) is 0.00621. The number of benzene rings is 1. The Morgan fingerprint density at radius 2 is 1.94 bits per heavy atom. The zero-order chi connectivity index (χ0) is 12.4. The first-order chi connectivity index (χ1) is 8.06. The highest BCUT2D eigenvalue weighted by Gasteiger charge is 2.29. The molecule has 4 nitrogen and oxygen atoms in total. The van der Waals surface area contributed by atoms with Crippen LogP contribution in [0.2, 0.25) is 0 Å². The Balaban J connectivity index is 2.00. The van der Waals surface area contributed by atoms with Crippen molar-refractivity contribution >= 4 is 5.91 Å². The first-order valence-electron chi connectivity index (χ1n) is 5.77. The molecular weight excluding hydrogens is 216 g/mol. The summed E-state index contributed by atoms with van der Waals surface area (Å²) in [6.45, 7) is 1.79. The van der Waals surface area contributed by atoms with E-state index in [2.05, 4.69) is 4.90 Å².